The Morgan fingerprint density at radius 2 is 1.63 bits per heavy atom. The van der Waals surface area contributed by atoms with Gasteiger partial charge in [-0.2, -0.15) is 0 Å². The highest BCUT2D eigenvalue weighted by Gasteiger charge is 2.16. The number of rotatable bonds is 6. The van der Waals surface area contributed by atoms with E-state index in [0.29, 0.717) is 23.8 Å². The number of nitrogens with one attached hydrogen (secondary N) is 2. The van der Waals surface area contributed by atoms with Crippen LogP contribution >= 0.6 is 12.2 Å². The quantitative estimate of drug-likeness (QED) is 0.320. The molecule has 0 aliphatic carbocycles. The van der Waals surface area contributed by atoms with Gasteiger partial charge < -0.3 is 19.9 Å². The number of pyridine rings is 1. The molecule has 6 heteroatoms. The maximum absolute atomic E-state index is 13.0. The zero-order valence-corrected chi connectivity index (χ0v) is 21.7. The summed E-state index contributed by atoms with van der Waals surface area (Å²) in [5.41, 5.74) is 8.02. The number of fused-ring (bicyclic) bond motifs is 1. The number of anilines is 1. The normalized spacial score (nSPS) is 10.9. The van der Waals surface area contributed by atoms with Gasteiger partial charge in [-0.3, -0.25) is 4.79 Å². The van der Waals surface area contributed by atoms with Crippen LogP contribution in [0.4, 0.5) is 5.69 Å². The molecule has 0 fully saturated rings. The average molecular weight is 486 g/mol. The number of aryl methyl sites for hydroxylation is 4. The van der Waals surface area contributed by atoms with E-state index in [-0.39, 0.29) is 5.56 Å². The van der Waals surface area contributed by atoms with E-state index in [4.69, 9.17) is 17.0 Å². The Balaban J connectivity index is 1.68. The summed E-state index contributed by atoms with van der Waals surface area (Å²) >= 11 is 5.86. The lowest BCUT2D eigenvalue weighted by Gasteiger charge is -2.27. The molecule has 1 aromatic heterocycles. The third kappa shape index (κ3) is 5.72. The molecule has 4 rings (SSSR count). The smallest absolute Gasteiger partial charge is 0.253 e. The van der Waals surface area contributed by atoms with E-state index in [1.807, 2.05) is 54.3 Å². The molecule has 0 aliphatic rings. The van der Waals surface area contributed by atoms with Crippen LogP contribution in [-0.4, -0.2) is 22.1 Å². The second-order valence-electron chi connectivity index (χ2n) is 9.12. The van der Waals surface area contributed by atoms with E-state index in [9.17, 15) is 4.79 Å². The number of methoxy groups -OCH3 is 1. The van der Waals surface area contributed by atoms with Gasteiger partial charge in [0.15, 0.2) is 5.11 Å². The van der Waals surface area contributed by atoms with Gasteiger partial charge in [0.05, 0.1) is 13.7 Å². The van der Waals surface area contributed by atoms with Gasteiger partial charge in [-0.15, -0.1) is 0 Å². The first-order chi connectivity index (χ1) is 16.7. The molecular formula is C29H31N3O2S. The Morgan fingerprint density at radius 3 is 2.31 bits per heavy atom. The zero-order valence-electron chi connectivity index (χ0n) is 20.9. The monoisotopic (exact) mass is 485 g/mol. The SMILES string of the molecule is COc1ccc(CN(Cc2cc3c(C)cc(C)cc3[nH]c2=O)C(=S)Nc2ccc(C)cc2C)cc1. The molecule has 0 saturated carbocycles. The van der Waals surface area contributed by atoms with Crippen LogP contribution in [0.3, 0.4) is 0 Å². The maximum atomic E-state index is 13.0. The third-order valence-corrected chi connectivity index (χ3v) is 6.55. The number of aromatic amines is 1. The van der Waals surface area contributed by atoms with E-state index in [1.165, 1.54) is 5.56 Å². The lowest BCUT2D eigenvalue weighted by atomic mass is 10.0. The Bertz CT molecular complexity index is 1440. The number of nitrogens with zero attached hydrogens (tertiary/aromatic N) is 1. The van der Waals surface area contributed by atoms with E-state index in [1.54, 1.807) is 7.11 Å². The van der Waals surface area contributed by atoms with Crippen molar-refractivity contribution in [1.29, 1.82) is 0 Å². The molecule has 5 nitrogen and oxygen atoms in total. The van der Waals surface area contributed by atoms with Crippen LogP contribution < -0.4 is 15.6 Å². The minimum Gasteiger partial charge on any atom is -0.497 e. The van der Waals surface area contributed by atoms with E-state index >= 15 is 0 Å². The summed E-state index contributed by atoms with van der Waals surface area (Å²) in [6.45, 7) is 9.16. The minimum atomic E-state index is -0.100. The van der Waals surface area contributed by atoms with Crippen molar-refractivity contribution < 1.29 is 4.74 Å². The topological polar surface area (TPSA) is 57.4 Å². The number of benzene rings is 3. The third-order valence-electron chi connectivity index (χ3n) is 6.19. The van der Waals surface area contributed by atoms with Crippen LogP contribution in [0.1, 0.15) is 33.4 Å². The van der Waals surface area contributed by atoms with Gasteiger partial charge in [0.2, 0.25) is 0 Å². The summed E-state index contributed by atoms with van der Waals surface area (Å²) in [7, 11) is 1.65. The summed E-state index contributed by atoms with van der Waals surface area (Å²) in [4.78, 5) is 18.1. The molecular weight excluding hydrogens is 454 g/mol. The molecule has 1 heterocycles. The lowest BCUT2D eigenvalue weighted by molar-refractivity contribution is 0.406. The predicted octanol–water partition coefficient (Wildman–Crippen LogP) is 6.17. The van der Waals surface area contributed by atoms with Crippen molar-refractivity contribution in [3.63, 3.8) is 0 Å². The first-order valence-corrected chi connectivity index (χ1v) is 12.0. The lowest BCUT2D eigenvalue weighted by Crippen LogP contribution is -2.35. The molecule has 0 atom stereocenters. The molecule has 4 aromatic rings. The minimum absolute atomic E-state index is 0.100. The largest absolute Gasteiger partial charge is 0.497 e. The molecule has 0 unspecified atom stereocenters. The Labute approximate surface area is 211 Å². The highest BCUT2D eigenvalue weighted by Crippen LogP contribution is 2.22. The van der Waals surface area contributed by atoms with Gasteiger partial charge in [0.25, 0.3) is 5.56 Å². The standard InChI is InChI=1S/C29H31N3O2S/c1-18-6-11-26(21(4)12-18)31-29(35)32(16-22-7-9-24(34-5)10-8-22)17-23-15-25-20(3)13-19(2)14-27(25)30-28(23)33/h6-15H,16-17H2,1-5H3,(H,30,33)(H,31,35). The Hall–Kier alpha value is -3.64. The summed E-state index contributed by atoms with van der Waals surface area (Å²) in [5.74, 6) is 0.799. The number of aromatic nitrogens is 1. The summed E-state index contributed by atoms with van der Waals surface area (Å²) in [6, 6.07) is 20.3. The Morgan fingerprint density at radius 1 is 0.914 bits per heavy atom. The molecule has 0 saturated heterocycles. The fourth-order valence-electron chi connectivity index (χ4n) is 4.34. The van der Waals surface area contributed by atoms with Gasteiger partial charge in [-0.05, 0) is 92.5 Å². The summed E-state index contributed by atoms with van der Waals surface area (Å²) in [5, 5.41) is 5.00. The number of hydrogen-bond donors (Lipinski definition) is 2. The molecule has 180 valence electrons. The summed E-state index contributed by atoms with van der Waals surface area (Å²) in [6.07, 6.45) is 0. The Kier molecular flexibility index (Phi) is 7.22. The van der Waals surface area contributed by atoms with Gasteiger partial charge in [0, 0.05) is 28.7 Å². The summed E-state index contributed by atoms with van der Waals surface area (Å²) < 4.78 is 5.30. The highest BCUT2D eigenvalue weighted by molar-refractivity contribution is 7.80. The molecule has 2 N–H and O–H groups in total. The second kappa shape index (κ2) is 10.3. The fourth-order valence-corrected chi connectivity index (χ4v) is 4.58. The van der Waals surface area contributed by atoms with Gasteiger partial charge in [-0.25, -0.2) is 0 Å². The zero-order chi connectivity index (χ0) is 25.1. The molecule has 35 heavy (non-hydrogen) atoms. The van der Waals surface area contributed by atoms with E-state index in [2.05, 4.69) is 49.3 Å². The number of hydrogen-bond acceptors (Lipinski definition) is 3. The molecule has 0 aliphatic heterocycles. The van der Waals surface area contributed by atoms with E-state index < -0.39 is 0 Å². The molecule has 0 radical (unpaired) electrons. The average Bonchev–Trinajstić information content (AvgIpc) is 2.81. The van der Waals surface area contributed by atoms with Crippen molar-refractivity contribution in [3.05, 3.63) is 104 Å². The first-order valence-electron chi connectivity index (χ1n) is 11.6. The van der Waals surface area contributed by atoms with Crippen molar-refractivity contribution >= 4 is 33.9 Å². The van der Waals surface area contributed by atoms with Crippen LogP contribution in [0.15, 0.2) is 65.5 Å². The van der Waals surface area contributed by atoms with Crippen molar-refractivity contribution in [3.8, 4) is 5.75 Å². The van der Waals surface area contributed by atoms with Crippen molar-refractivity contribution in [2.24, 2.45) is 0 Å². The van der Waals surface area contributed by atoms with Crippen molar-refractivity contribution in [2.45, 2.75) is 40.8 Å². The number of thiocarbonyl (C=S) groups is 1. The number of ether oxygens (including phenoxy) is 1. The fraction of sp³-hybridized carbons (Fsp3) is 0.241. The van der Waals surface area contributed by atoms with Crippen molar-refractivity contribution in [1.82, 2.24) is 9.88 Å². The second-order valence-corrected chi connectivity index (χ2v) is 9.51. The molecule has 0 spiro atoms. The van der Waals surface area contributed by atoms with Gasteiger partial charge >= 0.3 is 0 Å². The highest BCUT2D eigenvalue weighted by atomic mass is 32.1. The van der Waals surface area contributed by atoms with Crippen molar-refractivity contribution in [2.75, 3.05) is 12.4 Å². The molecule has 0 amide bonds. The first kappa shape index (κ1) is 24.5. The van der Waals surface area contributed by atoms with Gasteiger partial charge in [-0.1, -0.05) is 35.9 Å². The van der Waals surface area contributed by atoms with E-state index in [0.717, 1.165) is 44.6 Å². The predicted molar refractivity (Wildman–Crippen MR) is 148 cm³/mol. The molecule has 0 bridgehead atoms. The van der Waals surface area contributed by atoms with Crippen LogP contribution in [0.25, 0.3) is 10.9 Å². The van der Waals surface area contributed by atoms with Crippen LogP contribution in [-0.2, 0) is 13.1 Å². The van der Waals surface area contributed by atoms with Crippen LogP contribution in [0, 0.1) is 27.7 Å². The number of H-pyrrole nitrogens is 1. The molecule has 3 aromatic carbocycles. The van der Waals surface area contributed by atoms with Crippen LogP contribution in [0.2, 0.25) is 0 Å². The van der Waals surface area contributed by atoms with Crippen LogP contribution in [0.5, 0.6) is 5.75 Å². The van der Waals surface area contributed by atoms with Gasteiger partial charge in [0.1, 0.15) is 5.75 Å². The maximum Gasteiger partial charge on any atom is 0.253 e.